The zero-order chi connectivity index (χ0) is 33.9. The molecule has 2 aliphatic heterocycles. The Morgan fingerprint density at radius 1 is 0.980 bits per heavy atom. The number of fused-ring (bicyclic) bond motifs is 3. The summed E-state index contributed by atoms with van der Waals surface area (Å²) in [6, 6.07) is 12.6. The molecule has 3 fully saturated rings. The van der Waals surface area contributed by atoms with Gasteiger partial charge in [0.2, 0.25) is 5.95 Å². The second-order valence-electron chi connectivity index (χ2n) is 15.4. The molecular formula is C40H57N7O2. The number of rotatable bonds is 12. The normalized spacial score (nSPS) is 26.8. The summed E-state index contributed by atoms with van der Waals surface area (Å²) in [5, 5.41) is 18.4. The van der Waals surface area contributed by atoms with Crippen LogP contribution in [0.25, 0.3) is 0 Å². The summed E-state index contributed by atoms with van der Waals surface area (Å²) in [5.41, 5.74) is 5.06. The topological polar surface area (TPSA) is 99.4 Å². The van der Waals surface area contributed by atoms with E-state index in [1.807, 2.05) is 4.68 Å². The zero-order valence-corrected chi connectivity index (χ0v) is 29.9. The number of carboxylic acid groups (broad SMARTS) is 1. The molecule has 2 N–H and O–H groups in total. The van der Waals surface area contributed by atoms with Gasteiger partial charge in [-0.3, -0.25) is 14.4 Å². The SMILES string of the molecule is CC[C@H](C1CCC(C(=O)O)CC1)N(C)c1nc2c(c(N[C@@H](CN3C4CCCC3CCC4)c3cnn(CC)c3)n1)C[C@H](c1ccccc1)CC2. The molecule has 0 radical (unpaired) electrons. The molecule has 49 heavy (non-hydrogen) atoms. The first kappa shape index (κ1) is 34.0. The van der Waals surface area contributed by atoms with E-state index in [2.05, 4.69) is 78.7 Å². The van der Waals surface area contributed by atoms with Gasteiger partial charge in [0.25, 0.3) is 0 Å². The molecule has 4 aliphatic rings. The van der Waals surface area contributed by atoms with Crippen LogP contribution in [0.15, 0.2) is 42.7 Å². The Morgan fingerprint density at radius 2 is 1.69 bits per heavy atom. The molecule has 0 spiro atoms. The maximum atomic E-state index is 11.7. The molecule has 264 valence electrons. The lowest BCUT2D eigenvalue weighted by molar-refractivity contribution is -0.143. The van der Waals surface area contributed by atoms with Crippen molar-refractivity contribution in [3.63, 3.8) is 0 Å². The Balaban J connectivity index is 1.23. The minimum atomic E-state index is -0.644. The third-order valence-corrected chi connectivity index (χ3v) is 12.6. The van der Waals surface area contributed by atoms with Gasteiger partial charge in [-0.2, -0.15) is 10.1 Å². The maximum absolute atomic E-state index is 11.7. The Kier molecular flexibility index (Phi) is 10.5. The van der Waals surface area contributed by atoms with Crippen molar-refractivity contribution in [3.05, 3.63) is 65.1 Å². The molecule has 4 heterocycles. The van der Waals surface area contributed by atoms with E-state index < -0.39 is 5.97 Å². The number of hydrogen-bond acceptors (Lipinski definition) is 7. The maximum Gasteiger partial charge on any atom is 0.306 e. The highest BCUT2D eigenvalue weighted by Crippen LogP contribution is 2.40. The van der Waals surface area contributed by atoms with Gasteiger partial charge in [0.1, 0.15) is 5.82 Å². The fourth-order valence-corrected chi connectivity index (χ4v) is 9.78. The summed E-state index contributed by atoms with van der Waals surface area (Å²) in [6.07, 6.45) is 19.5. The number of anilines is 2. The molecule has 2 aromatic heterocycles. The number of aliphatic carboxylic acids is 1. The van der Waals surface area contributed by atoms with Crippen LogP contribution in [0.5, 0.6) is 0 Å². The molecule has 1 saturated carbocycles. The first-order valence-corrected chi connectivity index (χ1v) is 19.4. The average molecular weight is 668 g/mol. The molecule has 3 aromatic rings. The standard InChI is InChI=1S/C40H57N7O2/c1-4-37(28-17-19-29(20-18-28)39(48)49)45(3)40-43-35-22-21-30(27-11-7-6-8-12-27)23-34(35)38(44-40)42-36(31-24-41-46(5-2)25-31)26-47-32-13-9-14-33(47)16-10-15-32/h6-8,11-12,24-25,28-30,32-33,36-37H,4-5,9-10,13-23,26H2,1-3H3,(H,48,49)(H,42,43,44)/t28?,29?,30-,32?,33?,36+,37-/m1/s1. The molecule has 2 bridgehead atoms. The van der Waals surface area contributed by atoms with Gasteiger partial charge in [0, 0.05) is 55.6 Å². The zero-order valence-electron chi connectivity index (χ0n) is 29.9. The van der Waals surface area contributed by atoms with Gasteiger partial charge in [-0.05, 0) is 101 Å². The lowest BCUT2D eigenvalue weighted by Crippen LogP contribution is -2.51. The van der Waals surface area contributed by atoms with Gasteiger partial charge in [-0.25, -0.2) is 4.98 Å². The first-order valence-electron chi connectivity index (χ1n) is 19.4. The molecular weight excluding hydrogens is 610 g/mol. The molecule has 2 aliphatic carbocycles. The van der Waals surface area contributed by atoms with Gasteiger partial charge in [-0.15, -0.1) is 0 Å². The lowest BCUT2D eigenvalue weighted by Gasteiger charge is -2.47. The van der Waals surface area contributed by atoms with E-state index in [0.717, 1.165) is 76.2 Å². The van der Waals surface area contributed by atoms with Crippen molar-refractivity contribution in [2.75, 3.05) is 23.8 Å². The van der Waals surface area contributed by atoms with Gasteiger partial charge in [0.15, 0.2) is 0 Å². The molecule has 3 atom stereocenters. The fourth-order valence-electron chi connectivity index (χ4n) is 9.78. The quantitative estimate of drug-likeness (QED) is 0.204. The third kappa shape index (κ3) is 7.38. The third-order valence-electron chi connectivity index (χ3n) is 12.6. The van der Waals surface area contributed by atoms with Crippen LogP contribution >= 0.6 is 0 Å². The van der Waals surface area contributed by atoms with E-state index in [1.165, 1.54) is 60.9 Å². The molecule has 1 aromatic carbocycles. The highest BCUT2D eigenvalue weighted by molar-refractivity contribution is 5.70. The first-order chi connectivity index (χ1) is 23.9. The van der Waals surface area contributed by atoms with Crippen molar-refractivity contribution in [2.45, 2.75) is 140 Å². The minimum Gasteiger partial charge on any atom is -0.481 e. The van der Waals surface area contributed by atoms with Crippen LogP contribution in [0.1, 0.15) is 125 Å². The van der Waals surface area contributed by atoms with Crippen molar-refractivity contribution in [1.29, 1.82) is 0 Å². The smallest absolute Gasteiger partial charge is 0.306 e. The Labute approximate surface area is 292 Å². The number of hydrogen-bond donors (Lipinski definition) is 2. The van der Waals surface area contributed by atoms with Crippen LogP contribution in [-0.2, 0) is 24.2 Å². The monoisotopic (exact) mass is 667 g/mol. The van der Waals surface area contributed by atoms with Crippen molar-refractivity contribution < 1.29 is 9.90 Å². The number of benzene rings is 1. The molecule has 2 saturated heterocycles. The molecule has 0 amide bonds. The summed E-state index contributed by atoms with van der Waals surface area (Å²) in [6.45, 7) is 6.22. The van der Waals surface area contributed by atoms with E-state index in [1.54, 1.807) is 0 Å². The van der Waals surface area contributed by atoms with Crippen LogP contribution in [0.4, 0.5) is 11.8 Å². The largest absolute Gasteiger partial charge is 0.481 e. The average Bonchev–Trinajstić information content (AvgIpc) is 3.61. The Bertz CT molecular complexity index is 1530. The van der Waals surface area contributed by atoms with Gasteiger partial charge < -0.3 is 15.3 Å². The van der Waals surface area contributed by atoms with Crippen LogP contribution in [0, 0.1) is 11.8 Å². The van der Waals surface area contributed by atoms with E-state index in [-0.39, 0.29) is 18.0 Å². The van der Waals surface area contributed by atoms with E-state index in [9.17, 15) is 9.90 Å². The Morgan fingerprint density at radius 3 is 2.33 bits per heavy atom. The van der Waals surface area contributed by atoms with Crippen LogP contribution in [0.3, 0.4) is 0 Å². The molecule has 0 unspecified atom stereocenters. The Hall–Kier alpha value is -3.46. The summed E-state index contributed by atoms with van der Waals surface area (Å²) < 4.78 is 2.05. The van der Waals surface area contributed by atoms with Crippen molar-refractivity contribution in [2.24, 2.45) is 11.8 Å². The number of carboxylic acids is 1. The number of aryl methyl sites for hydroxylation is 2. The van der Waals surface area contributed by atoms with Crippen molar-refractivity contribution in [1.82, 2.24) is 24.6 Å². The molecule has 7 rings (SSSR count). The summed E-state index contributed by atoms with van der Waals surface area (Å²) in [4.78, 5) is 27.6. The van der Waals surface area contributed by atoms with Crippen molar-refractivity contribution >= 4 is 17.7 Å². The summed E-state index contributed by atoms with van der Waals surface area (Å²) in [5.74, 6) is 1.81. The number of aromatic nitrogens is 4. The van der Waals surface area contributed by atoms with E-state index >= 15 is 0 Å². The van der Waals surface area contributed by atoms with Crippen LogP contribution in [0.2, 0.25) is 0 Å². The number of carbonyl (C=O) groups is 1. The summed E-state index contributed by atoms with van der Waals surface area (Å²) in [7, 11) is 2.16. The summed E-state index contributed by atoms with van der Waals surface area (Å²) >= 11 is 0. The van der Waals surface area contributed by atoms with Gasteiger partial charge in [-0.1, -0.05) is 50.1 Å². The predicted molar refractivity (Wildman–Crippen MR) is 195 cm³/mol. The van der Waals surface area contributed by atoms with Crippen molar-refractivity contribution in [3.8, 4) is 0 Å². The van der Waals surface area contributed by atoms with E-state index in [0.29, 0.717) is 23.9 Å². The highest BCUT2D eigenvalue weighted by atomic mass is 16.4. The van der Waals surface area contributed by atoms with Gasteiger partial charge >= 0.3 is 5.97 Å². The lowest BCUT2D eigenvalue weighted by atomic mass is 9.77. The van der Waals surface area contributed by atoms with E-state index in [4.69, 9.17) is 15.1 Å². The minimum absolute atomic E-state index is 0.0732. The van der Waals surface area contributed by atoms with Crippen LogP contribution < -0.4 is 10.2 Å². The number of nitrogens with one attached hydrogen (secondary N) is 1. The predicted octanol–water partition coefficient (Wildman–Crippen LogP) is 7.63. The second kappa shape index (κ2) is 15.2. The molecule has 9 nitrogen and oxygen atoms in total. The second-order valence-corrected chi connectivity index (χ2v) is 15.4. The van der Waals surface area contributed by atoms with Crippen LogP contribution in [-0.4, -0.2) is 67.4 Å². The fraction of sp³-hybridized carbons (Fsp3) is 0.650. The highest BCUT2D eigenvalue weighted by Gasteiger charge is 2.37. The number of piperidine rings is 2. The van der Waals surface area contributed by atoms with Gasteiger partial charge in [0.05, 0.1) is 23.9 Å². The molecule has 9 heteroatoms. The number of nitrogens with zero attached hydrogens (tertiary/aromatic N) is 6.